The molecule has 2 rings (SSSR count). The van der Waals surface area contributed by atoms with Crippen molar-refractivity contribution in [2.24, 2.45) is 0 Å². The van der Waals surface area contributed by atoms with E-state index in [0.717, 1.165) is 6.07 Å². The van der Waals surface area contributed by atoms with E-state index >= 15 is 0 Å². The Kier molecular flexibility index (Phi) is 1.81. The molecule has 2 nitrogen and oxygen atoms in total. The zero-order valence-corrected chi connectivity index (χ0v) is 6.42. The standard InChI is InChI=1S/C9H4F2NO/c10-8-3-1-2-7(9(8)11)6-4-12-13-5-6/h1-3,5H. The van der Waals surface area contributed by atoms with Gasteiger partial charge in [-0.2, -0.15) is 0 Å². The first-order valence-corrected chi connectivity index (χ1v) is 3.55. The van der Waals surface area contributed by atoms with Gasteiger partial charge >= 0.3 is 0 Å². The highest BCUT2D eigenvalue weighted by Gasteiger charge is 2.10. The minimum Gasteiger partial charge on any atom is -0.363 e. The average Bonchev–Trinajstić information content (AvgIpc) is 2.62. The van der Waals surface area contributed by atoms with Gasteiger partial charge < -0.3 is 4.52 Å². The van der Waals surface area contributed by atoms with Crippen LogP contribution in [0.2, 0.25) is 0 Å². The predicted octanol–water partition coefficient (Wildman–Crippen LogP) is 2.42. The molecule has 0 saturated carbocycles. The largest absolute Gasteiger partial charge is 0.363 e. The van der Waals surface area contributed by atoms with Crippen molar-refractivity contribution in [3.63, 3.8) is 0 Å². The zero-order chi connectivity index (χ0) is 9.26. The lowest BCUT2D eigenvalue weighted by molar-refractivity contribution is 0.418. The lowest BCUT2D eigenvalue weighted by Crippen LogP contribution is -1.87. The fraction of sp³-hybridized carbons (Fsp3) is 0. The van der Waals surface area contributed by atoms with Crippen LogP contribution in [-0.4, -0.2) is 5.16 Å². The van der Waals surface area contributed by atoms with Crippen LogP contribution < -0.4 is 0 Å². The third-order valence-electron chi connectivity index (χ3n) is 1.63. The summed E-state index contributed by atoms with van der Waals surface area (Å²) in [5.74, 6) is -1.81. The summed E-state index contributed by atoms with van der Waals surface area (Å²) >= 11 is 0. The maximum atomic E-state index is 13.1. The Labute approximate surface area is 72.8 Å². The normalized spacial score (nSPS) is 10.3. The third kappa shape index (κ3) is 1.30. The molecular formula is C9H4F2NO. The summed E-state index contributed by atoms with van der Waals surface area (Å²) in [4.78, 5) is 0. The highest BCUT2D eigenvalue weighted by molar-refractivity contribution is 5.61. The number of hydrogen-bond acceptors (Lipinski definition) is 2. The summed E-state index contributed by atoms with van der Waals surface area (Å²) in [6.07, 6.45) is 3.60. The van der Waals surface area contributed by atoms with Gasteiger partial charge in [0.1, 0.15) is 12.5 Å². The lowest BCUT2D eigenvalue weighted by atomic mass is 10.1. The fourth-order valence-corrected chi connectivity index (χ4v) is 1.02. The molecule has 1 aromatic carbocycles. The summed E-state index contributed by atoms with van der Waals surface area (Å²) < 4.78 is 30.3. The SMILES string of the molecule is Fc1cccc(-c2[c]noc2)c1F. The predicted molar refractivity (Wildman–Crippen MR) is 40.7 cm³/mol. The number of benzene rings is 1. The first-order chi connectivity index (χ1) is 6.29. The van der Waals surface area contributed by atoms with Crippen LogP contribution in [0, 0.1) is 17.8 Å². The number of nitrogens with zero attached hydrogens (tertiary/aromatic N) is 1. The molecule has 0 aliphatic carbocycles. The van der Waals surface area contributed by atoms with Gasteiger partial charge in [-0.15, -0.1) is 0 Å². The quantitative estimate of drug-likeness (QED) is 0.673. The smallest absolute Gasteiger partial charge is 0.166 e. The van der Waals surface area contributed by atoms with Crippen molar-refractivity contribution in [3.05, 3.63) is 42.3 Å². The first-order valence-electron chi connectivity index (χ1n) is 3.55. The number of rotatable bonds is 1. The van der Waals surface area contributed by atoms with E-state index in [2.05, 4.69) is 15.9 Å². The Bertz CT molecular complexity index is 412. The second kappa shape index (κ2) is 2.97. The van der Waals surface area contributed by atoms with E-state index in [-0.39, 0.29) is 5.56 Å². The molecule has 1 radical (unpaired) electrons. The molecule has 0 amide bonds. The summed E-state index contributed by atoms with van der Waals surface area (Å²) in [6, 6.07) is 3.89. The second-order valence-corrected chi connectivity index (χ2v) is 2.44. The molecule has 0 spiro atoms. The van der Waals surface area contributed by atoms with E-state index in [1.165, 1.54) is 18.4 Å². The van der Waals surface area contributed by atoms with Crippen molar-refractivity contribution in [1.82, 2.24) is 5.16 Å². The van der Waals surface area contributed by atoms with Crippen molar-refractivity contribution in [1.29, 1.82) is 0 Å². The van der Waals surface area contributed by atoms with E-state index in [4.69, 9.17) is 0 Å². The lowest BCUT2D eigenvalue weighted by Gasteiger charge is -1.98. The number of hydrogen-bond donors (Lipinski definition) is 0. The Morgan fingerprint density at radius 2 is 2.15 bits per heavy atom. The van der Waals surface area contributed by atoms with Crippen LogP contribution in [-0.2, 0) is 0 Å². The van der Waals surface area contributed by atoms with Gasteiger partial charge in [0.15, 0.2) is 11.6 Å². The molecule has 0 aliphatic heterocycles. The minimum atomic E-state index is -0.915. The maximum Gasteiger partial charge on any atom is 0.166 e. The Morgan fingerprint density at radius 1 is 1.31 bits per heavy atom. The van der Waals surface area contributed by atoms with Gasteiger partial charge in [-0.05, 0) is 6.07 Å². The van der Waals surface area contributed by atoms with Crippen LogP contribution in [0.25, 0.3) is 11.1 Å². The molecule has 13 heavy (non-hydrogen) atoms. The molecule has 0 bridgehead atoms. The van der Waals surface area contributed by atoms with Gasteiger partial charge in [0.25, 0.3) is 0 Å². The van der Waals surface area contributed by atoms with Crippen molar-refractivity contribution in [2.45, 2.75) is 0 Å². The van der Waals surface area contributed by atoms with Crippen LogP contribution in [0.5, 0.6) is 0 Å². The van der Waals surface area contributed by atoms with Crippen LogP contribution in [0.1, 0.15) is 0 Å². The topological polar surface area (TPSA) is 26.0 Å². The molecule has 1 heterocycles. The molecule has 0 unspecified atom stereocenters. The first kappa shape index (κ1) is 7.91. The van der Waals surface area contributed by atoms with Gasteiger partial charge in [0.05, 0.1) is 5.56 Å². The number of halogens is 2. The van der Waals surface area contributed by atoms with Gasteiger partial charge in [0, 0.05) is 5.56 Å². The Balaban J connectivity index is 2.59. The van der Waals surface area contributed by atoms with E-state index in [1.807, 2.05) is 0 Å². The highest BCUT2D eigenvalue weighted by atomic mass is 19.2. The van der Waals surface area contributed by atoms with Crippen LogP contribution in [0.4, 0.5) is 8.78 Å². The van der Waals surface area contributed by atoms with E-state index in [0.29, 0.717) is 5.56 Å². The van der Waals surface area contributed by atoms with Crippen molar-refractivity contribution in [2.75, 3.05) is 0 Å². The maximum absolute atomic E-state index is 13.1. The van der Waals surface area contributed by atoms with Gasteiger partial charge in [0.2, 0.25) is 0 Å². The number of aromatic nitrogens is 1. The van der Waals surface area contributed by atoms with Crippen molar-refractivity contribution >= 4 is 0 Å². The Hall–Kier alpha value is -1.71. The van der Waals surface area contributed by atoms with Gasteiger partial charge in [-0.25, -0.2) is 8.78 Å². The van der Waals surface area contributed by atoms with Crippen LogP contribution in [0.15, 0.2) is 29.0 Å². The summed E-state index contributed by atoms with van der Waals surface area (Å²) in [6.45, 7) is 0. The van der Waals surface area contributed by atoms with Crippen molar-refractivity contribution in [3.8, 4) is 11.1 Å². The summed E-state index contributed by atoms with van der Waals surface area (Å²) in [7, 11) is 0. The van der Waals surface area contributed by atoms with Gasteiger partial charge in [-0.1, -0.05) is 17.3 Å². The van der Waals surface area contributed by atoms with Gasteiger partial charge in [-0.3, -0.25) is 0 Å². The molecule has 0 saturated heterocycles. The molecule has 2 aromatic rings. The summed E-state index contributed by atoms with van der Waals surface area (Å²) in [5.41, 5.74) is 0.401. The third-order valence-corrected chi connectivity index (χ3v) is 1.63. The second-order valence-electron chi connectivity index (χ2n) is 2.44. The molecule has 4 heteroatoms. The Morgan fingerprint density at radius 3 is 2.85 bits per heavy atom. The molecular weight excluding hydrogens is 176 g/mol. The van der Waals surface area contributed by atoms with E-state index < -0.39 is 11.6 Å². The van der Waals surface area contributed by atoms with Crippen LogP contribution in [0.3, 0.4) is 0 Å². The molecule has 1 aromatic heterocycles. The molecule has 0 atom stereocenters. The molecule has 0 N–H and O–H groups in total. The molecule has 0 aliphatic rings. The monoisotopic (exact) mass is 180 g/mol. The molecule has 65 valence electrons. The zero-order valence-electron chi connectivity index (χ0n) is 6.42. The minimum absolute atomic E-state index is 0.0984. The highest BCUT2D eigenvalue weighted by Crippen LogP contribution is 2.22. The molecule has 0 fully saturated rings. The van der Waals surface area contributed by atoms with Crippen LogP contribution >= 0.6 is 0 Å². The summed E-state index contributed by atoms with van der Waals surface area (Å²) in [5, 5.41) is 3.28. The average molecular weight is 180 g/mol. The van der Waals surface area contributed by atoms with E-state index in [1.54, 1.807) is 0 Å². The fourth-order valence-electron chi connectivity index (χ4n) is 1.02. The van der Waals surface area contributed by atoms with Crippen molar-refractivity contribution < 1.29 is 13.3 Å². The van der Waals surface area contributed by atoms with E-state index in [9.17, 15) is 8.78 Å².